The first kappa shape index (κ1) is 20.7. The fraction of sp³-hybridized carbons (Fsp3) is 0.333. The Morgan fingerprint density at radius 2 is 1.77 bits per heavy atom. The Morgan fingerprint density at radius 3 is 2.40 bits per heavy atom. The molecule has 1 aliphatic rings. The number of primary amides is 1. The number of thiazole rings is 1. The summed E-state index contributed by atoms with van der Waals surface area (Å²) in [5, 5.41) is 2.00. The van der Waals surface area contributed by atoms with Gasteiger partial charge in [-0.05, 0) is 17.5 Å². The van der Waals surface area contributed by atoms with E-state index < -0.39 is 0 Å². The number of carbonyl (C=O) groups excluding carboxylic acids is 1. The third kappa shape index (κ3) is 5.33. The summed E-state index contributed by atoms with van der Waals surface area (Å²) in [5.74, 6) is -0.266. The number of benzene rings is 2. The van der Waals surface area contributed by atoms with Gasteiger partial charge in [-0.25, -0.2) is 4.98 Å². The van der Waals surface area contributed by atoms with Gasteiger partial charge in [-0.15, -0.1) is 11.3 Å². The molecule has 1 fully saturated rings. The molecule has 2 N–H and O–H groups in total. The van der Waals surface area contributed by atoms with Crippen LogP contribution in [0.2, 0.25) is 0 Å². The van der Waals surface area contributed by atoms with Crippen LogP contribution >= 0.6 is 11.3 Å². The van der Waals surface area contributed by atoms with Gasteiger partial charge in [0.1, 0.15) is 0 Å². The predicted octanol–water partition coefficient (Wildman–Crippen LogP) is 2.97. The fourth-order valence-electron chi connectivity index (χ4n) is 4.25. The summed E-state index contributed by atoms with van der Waals surface area (Å²) in [6.45, 7) is 3.47. The van der Waals surface area contributed by atoms with E-state index in [1.54, 1.807) is 11.3 Å². The third-order valence-electron chi connectivity index (χ3n) is 5.83. The van der Waals surface area contributed by atoms with Crippen molar-refractivity contribution in [2.24, 2.45) is 5.73 Å². The average Bonchev–Trinajstić information content (AvgIpc) is 3.28. The highest BCUT2D eigenvalue weighted by Gasteiger charge is 2.33. The molecule has 2 heterocycles. The number of hydrogen-bond donors (Lipinski definition) is 1. The Labute approximate surface area is 182 Å². The van der Waals surface area contributed by atoms with Crippen molar-refractivity contribution in [3.8, 4) is 0 Å². The minimum Gasteiger partial charge on any atom is -0.368 e. The second-order valence-electron chi connectivity index (χ2n) is 7.90. The van der Waals surface area contributed by atoms with E-state index >= 15 is 0 Å². The molecule has 5 nitrogen and oxygen atoms in total. The first-order chi connectivity index (χ1) is 14.7. The molecular formula is C24H28N4OS. The highest BCUT2D eigenvalue weighted by atomic mass is 32.1. The molecule has 0 radical (unpaired) electrons. The topological polar surface area (TPSA) is 62.5 Å². The van der Waals surface area contributed by atoms with E-state index in [9.17, 15) is 4.79 Å². The van der Waals surface area contributed by atoms with Crippen LogP contribution in [0.5, 0.6) is 0 Å². The molecule has 0 unspecified atom stereocenters. The maximum absolute atomic E-state index is 12.3. The SMILES string of the molecule is NC(=O)[C@@H](Cc1cscn1)N1CCN(Cc2ccccc2)[C@H](Cc2ccccc2)C1. The van der Waals surface area contributed by atoms with Crippen molar-refractivity contribution in [1.29, 1.82) is 0 Å². The number of nitrogens with zero attached hydrogens (tertiary/aromatic N) is 3. The number of aromatic nitrogens is 1. The molecule has 30 heavy (non-hydrogen) atoms. The molecule has 0 aliphatic carbocycles. The maximum atomic E-state index is 12.3. The van der Waals surface area contributed by atoms with Crippen LogP contribution in [0.3, 0.4) is 0 Å². The van der Waals surface area contributed by atoms with Crippen LogP contribution in [0.1, 0.15) is 16.8 Å². The lowest BCUT2D eigenvalue weighted by molar-refractivity contribution is -0.124. The molecule has 4 rings (SSSR count). The van der Waals surface area contributed by atoms with Gasteiger partial charge in [0.25, 0.3) is 0 Å². The third-order valence-corrected chi connectivity index (χ3v) is 6.47. The molecule has 1 amide bonds. The van der Waals surface area contributed by atoms with Crippen molar-refractivity contribution < 1.29 is 4.79 Å². The molecule has 2 aromatic carbocycles. The zero-order chi connectivity index (χ0) is 20.8. The molecular weight excluding hydrogens is 392 g/mol. The summed E-state index contributed by atoms with van der Waals surface area (Å²) in [6.07, 6.45) is 1.53. The van der Waals surface area contributed by atoms with Crippen LogP contribution in [0.4, 0.5) is 0 Å². The minimum atomic E-state index is -0.316. The van der Waals surface area contributed by atoms with Gasteiger partial charge in [-0.3, -0.25) is 14.6 Å². The Balaban J connectivity index is 1.52. The molecule has 0 saturated carbocycles. The lowest BCUT2D eigenvalue weighted by Crippen LogP contribution is -2.59. The van der Waals surface area contributed by atoms with Crippen molar-refractivity contribution in [2.45, 2.75) is 31.5 Å². The van der Waals surface area contributed by atoms with Crippen molar-refractivity contribution in [3.05, 3.63) is 88.4 Å². The maximum Gasteiger partial charge on any atom is 0.235 e. The molecule has 6 heteroatoms. The minimum absolute atomic E-state index is 0.266. The van der Waals surface area contributed by atoms with E-state index in [0.29, 0.717) is 12.5 Å². The van der Waals surface area contributed by atoms with Crippen LogP contribution in [-0.2, 0) is 24.2 Å². The summed E-state index contributed by atoms with van der Waals surface area (Å²) in [5.41, 5.74) is 11.2. The predicted molar refractivity (Wildman–Crippen MR) is 121 cm³/mol. The average molecular weight is 421 g/mol. The van der Waals surface area contributed by atoms with Gasteiger partial charge >= 0.3 is 0 Å². The quantitative estimate of drug-likeness (QED) is 0.609. The summed E-state index contributed by atoms with van der Waals surface area (Å²) < 4.78 is 0. The zero-order valence-electron chi connectivity index (χ0n) is 17.1. The first-order valence-electron chi connectivity index (χ1n) is 10.4. The van der Waals surface area contributed by atoms with E-state index in [1.807, 2.05) is 10.9 Å². The van der Waals surface area contributed by atoms with Gasteiger partial charge in [-0.1, -0.05) is 60.7 Å². The largest absolute Gasteiger partial charge is 0.368 e. The second kappa shape index (κ2) is 9.98. The highest BCUT2D eigenvalue weighted by Crippen LogP contribution is 2.21. The highest BCUT2D eigenvalue weighted by molar-refractivity contribution is 7.07. The van der Waals surface area contributed by atoms with E-state index in [0.717, 1.165) is 38.3 Å². The molecule has 1 aliphatic heterocycles. The Bertz CT molecular complexity index is 917. The fourth-order valence-corrected chi connectivity index (χ4v) is 4.82. The van der Waals surface area contributed by atoms with Gasteiger partial charge in [0.15, 0.2) is 0 Å². The van der Waals surface area contributed by atoms with Gasteiger partial charge in [0.05, 0.1) is 17.2 Å². The standard InChI is InChI=1S/C24H28N4OS/c25-24(29)23(14-21-17-30-18-26-21)28-12-11-27(15-20-9-5-2-6-10-20)22(16-28)13-19-7-3-1-4-8-19/h1-10,17-18,22-23H,11-16H2,(H2,25,29)/t22-,23-/m1/s1. The lowest BCUT2D eigenvalue weighted by atomic mass is 9.99. The van der Waals surface area contributed by atoms with Crippen LogP contribution in [0.15, 0.2) is 71.6 Å². The van der Waals surface area contributed by atoms with E-state index in [-0.39, 0.29) is 11.9 Å². The first-order valence-corrected chi connectivity index (χ1v) is 11.4. The number of amides is 1. The van der Waals surface area contributed by atoms with Crippen molar-refractivity contribution >= 4 is 17.2 Å². The normalized spacial score (nSPS) is 18.9. The molecule has 1 saturated heterocycles. The number of rotatable bonds is 8. The number of nitrogens with two attached hydrogens (primary N) is 1. The zero-order valence-corrected chi connectivity index (χ0v) is 17.9. The van der Waals surface area contributed by atoms with Gasteiger partial charge in [-0.2, -0.15) is 0 Å². The van der Waals surface area contributed by atoms with Crippen molar-refractivity contribution in [3.63, 3.8) is 0 Å². The number of carbonyl (C=O) groups is 1. The van der Waals surface area contributed by atoms with Crippen LogP contribution in [-0.4, -0.2) is 52.4 Å². The summed E-state index contributed by atoms with van der Waals surface area (Å²) in [7, 11) is 0. The smallest absolute Gasteiger partial charge is 0.235 e. The van der Waals surface area contributed by atoms with Crippen LogP contribution < -0.4 is 5.73 Å². The molecule has 3 aromatic rings. The molecule has 0 spiro atoms. The number of hydrogen-bond acceptors (Lipinski definition) is 5. The van der Waals surface area contributed by atoms with E-state index in [4.69, 9.17) is 5.73 Å². The second-order valence-corrected chi connectivity index (χ2v) is 8.62. The van der Waals surface area contributed by atoms with Crippen LogP contribution in [0.25, 0.3) is 0 Å². The summed E-state index contributed by atoms with van der Waals surface area (Å²) in [4.78, 5) is 21.5. The summed E-state index contributed by atoms with van der Waals surface area (Å²) >= 11 is 1.55. The van der Waals surface area contributed by atoms with Gasteiger partial charge < -0.3 is 5.73 Å². The van der Waals surface area contributed by atoms with Gasteiger partial charge in [0, 0.05) is 44.0 Å². The summed E-state index contributed by atoms with van der Waals surface area (Å²) in [6, 6.07) is 21.2. The Hall–Kier alpha value is -2.54. The van der Waals surface area contributed by atoms with E-state index in [1.165, 1.54) is 11.1 Å². The van der Waals surface area contributed by atoms with Crippen LogP contribution in [0, 0.1) is 0 Å². The molecule has 2 atom stereocenters. The molecule has 0 bridgehead atoms. The molecule has 1 aromatic heterocycles. The van der Waals surface area contributed by atoms with E-state index in [2.05, 4.69) is 75.4 Å². The lowest BCUT2D eigenvalue weighted by Gasteiger charge is -2.44. The molecule has 156 valence electrons. The van der Waals surface area contributed by atoms with Crippen molar-refractivity contribution in [1.82, 2.24) is 14.8 Å². The van der Waals surface area contributed by atoms with Gasteiger partial charge in [0.2, 0.25) is 5.91 Å². The Morgan fingerprint density at radius 1 is 1.07 bits per heavy atom. The Kier molecular flexibility index (Phi) is 6.89. The monoisotopic (exact) mass is 420 g/mol. The number of piperazine rings is 1. The van der Waals surface area contributed by atoms with Crippen molar-refractivity contribution in [2.75, 3.05) is 19.6 Å².